The Kier molecular flexibility index (Phi) is 5.47. The number of para-hydroxylation sites is 1. The van der Waals surface area contributed by atoms with Crippen LogP contribution in [0.25, 0.3) is 0 Å². The summed E-state index contributed by atoms with van der Waals surface area (Å²) in [6.45, 7) is 5.78. The van der Waals surface area contributed by atoms with Gasteiger partial charge in [-0.3, -0.25) is 4.79 Å². The molecule has 0 saturated heterocycles. The fourth-order valence-electron chi connectivity index (χ4n) is 3.29. The van der Waals surface area contributed by atoms with Gasteiger partial charge in [0, 0.05) is 19.3 Å². The van der Waals surface area contributed by atoms with Crippen LogP contribution in [-0.2, 0) is 10.4 Å². The van der Waals surface area contributed by atoms with Crippen molar-refractivity contribution in [1.82, 2.24) is 4.90 Å². The standard InChI is InChI=1S/C21H26N2O3/c1-4-14-26-17-11-9-16(10-12-17)21(2)22-19-8-6-5-7-18(19)20(24)23(21)13-15-25-3/h5-12,22H,4,13-15H2,1-3H3. The summed E-state index contributed by atoms with van der Waals surface area (Å²) in [5.41, 5.74) is 1.87. The van der Waals surface area contributed by atoms with Gasteiger partial charge in [0.2, 0.25) is 0 Å². The van der Waals surface area contributed by atoms with Gasteiger partial charge in [-0.1, -0.05) is 31.2 Å². The van der Waals surface area contributed by atoms with Gasteiger partial charge in [-0.05, 0) is 43.2 Å². The maximum atomic E-state index is 13.1. The van der Waals surface area contributed by atoms with Crippen molar-refractivity contribution in [2.45, 2.75) is 25.9 Å². The van der Waals surface area contributed by atoms with E-state index in [0.717, 1.165) is 23.4 Å². The Morgan fingerprint density at radius 2 is 1.81 bits per heavy atom. The summed E-state index contributed by atoms with van der Waals surface area (Å²) in [6, 6.07) is 15.6. The molecule has 5 nitrogen and oxygen atoms in total. The lowest BCUT2D eigenvalue weighted by Gasteiger charge is -2.46. The average Bonchev–Trinajstić information content (AvgIpc) is 2.66. The van der Waals surface area contributed by atoms with Crippen molar-refractivity contribution in [1.29, 1.82) is 0 Å². The fraction of sp³-hybridized carbons (Fsp3) is 0.381. The minimum Gasteiger partial charge on any atom is -0.494 e. The van der Waals surface area contributed by atoms with Crippen LogP contribution in [0.1, 0.15) is 36.2 Å². The number of carbonyl (C=O) groups excluding carboxylic acids is 1. The van der Waals surface area contributed by atoms with Gasteiger partial charge in [0.05, 0.1) is 18.8 Å². The van der Waals surface area contributed by atoms with Gasteiger partial charge < -0.3 is 19.7 Å². The van der Waals surface area contributed by atoms with E-state index in [2.05, 4.69) is 12.2 Å². The molecule has 0 aliphatic carbocycles. The van der Waals surface area contributed by atoms with Gasteiger partial charge in [0.25, 0.3) is 5.91 Å². The van der Waals surface area contributed by atoms with E-state index in [4.69, 9.17) is 9.47 Å². The molecule has 1 atom stereocenters. The number of rotatable bonds is 7. The van der Waals surface area contributed by atoms with Gasteiger partial charge in [-0.25, -0.2) is 0 Å². The number of amides is 1. The van der Waals surface area contributed by atoms with Gasteiger partial charge in [0.1, 0.15) is 11.4 Å². The molecule has 26 heavy (non-hydrogen) atoms. The molecule has 5 heteroatoms. The zero-order valence-electron chi connectivity index (χ0n) is 15.6. The SMILES string of the molecule is CCCOc1ccc(C2(C)Nc3ccccc3C(=O)N2CCOC)cc1. The van der Waals surface area contributed by atoms with Gasteiger partial charge >= 0.3 is 0 Å². The second-order valence-electron chi connectivity index (χ2n) is 6.57. The summed E-state index contributed by atoms with van der Waals surface area (Å²) < 4.78 is 10.9. The molecule has 1 amide bonds. The normalized spacial score (nSPS) is 19.0. The summed E-state index contributed by atoms with van der Waals surface area (Å²) >= 11 is 0. The molecule has 0 aromatic heterocycles. The molecule has 138 valence electrons. The van der Waals surface area contributed by atoms with Crippen LogP contribution >= 0.6 is 0 Å². The highest BCUT2D eigenvalue weighted by Crippen LogP contribution is 2.38. The molecule has 3 rings (SSSR count). The van der Waals surface area contributed by atoms with Crippen molar-refractivity contribution < 1.29 is 14.3 Å². The molecule has 0 saturated carbocycles. The Bertz CT molecular complexity index is 760. The Morgan fingerprint density at radius 1 is 1.08 bits per heavy atom. The number of methoxy groups -OCH3 is 1. The highest BCUT2D eigenvalue weighted by molar-refractivity contribution is 6.02. The topological polar surface area (TPSA) is 50.8 Å². The van der Waals surface area contributed by atoms with E-state index in [0.29, 0.717) is 25.3 Å². The predicted octanol–water partition coefficient (Wildman–Crippen LogP) is 3.86. The molecule has 0 spiro atoms. The largest absolute Gasteiger partial charge is 0.494 e. The first-order valence-corrected chi connectivity index (χ1v) is 9.01. The number of carbonyl (C=O) groups is 1. The number of nitrogens with zero attached hydrogens (tertiary/aromatic N) is 1. The number of benzene rings is 2. The van der Waals surface area contributed by atoms with E-state index in [9.17, 15) is 4.79 Å². The predicted molar refractivity (Wildman–Crippen MR) is 103 cm³/mol. The van der Waals surface area contributed by atoms with Crippen LogP contribution in [0.2, 0.25) is 0 Å². The number of ether oxygens (including phenoxy) is 2. The van der Waals surface area contributed by atoms with Crippen LogP contribution in [0.3, 0.4) is 0 Å². The molecule has 1 aliphatic rings. The molecular formula is C21H26N2O3. The molecule has 1 N–H and O–H groups in total. The van der Waals surface area contributed by atoms with Crippen molar-refractivity contribution in [3.05, 3.63) is 59.7 Å². The van der Waals surface area contributed by atoms with Crippen LogP contribution in [0, 0.1) is 0 Å². The Morgan fingerprint density at radius 3 is 2.50 bits per heavy atom. The Balaban J connectivity index is 1.97. The fourth-order valence-corrected chi connectivity index (χ4v) is 3.29. The van der Waals surface area contributed by atoms with E-state index in [1.165, 1.54) is 0 Å². The summed E-state index contributed by atoms with van der Waals surface area (Å²) in [7, 11) is 1.65. The van der Waals surface area contributed by atoms with Crippen molar-refractivity contribution in [2.75, 3.05) is 32.2 Å². The van der Waals surface area contributed by atoms with E-state index >= 15 is 0 Å². The highest BCUT2D eigenvalue weighted by Gasteiger charge is 2.42. The molecule has 0 radical (unpaired) electrons. The van der Waals surface area contributed by atoms with E-state index in [1.54, 1.807) is 7.11 Å². The molecule has 1 heterocycles. The van der Waals surface area contributed by atoms with Crippen LogP contribution in [-0.4, -0.2) is 37.7 Å². The molecule has 1 aliphatic heterocycles. The summed E-state index contributed by atoms with van der Waals surface area (Å²) in [5.74, 6) is 0.843. The Hall–Kier alpha value is -2.53. The zero-order valence-corrected chi connectivity index (χ0v) is 15.6. The minimum absolute atomic E-state index is 0.00482. The van der Waals surface area contributed by atoms with Gasteiger partial charge in [-0.2, -0.15) is 0 Å². The zero-order chi connectivity index (χ0) is 18.6. The van der Waals surface area contributed by atoms with Crippen molar-refractivity contribution >= 4 is 11.6 Å². The molecule has 1 unspecified atom stereocenters. The van der Waals surface area contributed by atoms with Crippen LogP contribution < -0.4 is 10.1 Å². The number of nitrogens with one attached hydrogen (secondary N) is 1. The summed E-state index contributed by atoms with van der Waals surface area (Å²) in [6.07, 6.45) is 0.969. The van der Waals surface area contributed by atoms with Crippen molar-refractivity contribution in [2.24, 2.45) is 0 Å². The number of hydrogen-bond donors (Lipinski definition) is 1. The van der Waals surface area contributed by atoms with E-state index in [-0.39, 0.29) is 5.91 Å². The number of hydrogen-bond acceptors (Lipinski definition) is 4. The van der Waals surface area contributed by atoms with Crippen LogP contribution in [0.5, 0.6) is 5.75 Å². The van der Waals surface area contributed by atoms with Crippen LogP contribution in [0.4, 0.5) is 5.69 Å². The molecule has 0 bridgehead atoms. The first-order valence-electron chi connectivity index (χ1n) is 9.01. The lowest BCUT2D eigenvalue weighted by atomic mass is 9.93. The van der Waals surface area contributed by atoms with Gasteiger partial charge in [0.15, 0.2) is 0 Å². The van der Waals surface area contributed by atoms with E-state index < -0.39 is 5.66 Å². The minimum atomic E-state index is -0.659. The lowest BCUT2D eigenvalue weighted by molar-refractivity contribution is 0.0438. The second kappa shape index (κ2) is 7.79. The third-order valence-electron chi connectivity index (χ3n) is 4.73. The maximum absolute atomic E-state index is 13.1. The molecular weight excluding hydrogens is 328 g/mol. The third-order valence-corrected chi connectivity index (χ3v) is 4.73. The maximum Gasteiger partial charge on any atom is 0.258 e. The first kappa shape index (κ1) is 18.3. The quantitative estimate of drug-likeness (QED) is 0.820. The second-order valence-corrected chi connectivity index (χ2v) is 6.57. The Labute approximate surface area is 154 Å². The van der Waals surface area contributed by atoms with E-state index in [1.807, 2.05) is 60.4 Å². The molecule has 0 fully saturated rings. The summed E-state index contributed by atoms with van der Waals surface area (Å²) in [5, 5.41) is 3.55. The monoisotopic (exact) mass is 354 g/mol. The first-order chi connectivity index (χ1) is 12.6. The smallest absolute Gasteiger partial charge is 0.258 e. The highest BCUT2D eigenvalue weighted by atomic mass is 16.5. The summed E-state index contributed by atoms with van der Waals surface area (Å²) in [4.78, 5) is 15.0. The van der Waals surface area contributed by atoms with Crippen LogP contribution in [0.15, 0.2) is 48.5 Å². The van der Waals surface area contributed by atoms with Gasteiger partial charge in [-0.15, -0.1) is 0 Å². The third kappa shape index (κ3) is 3.40. The molecule has 2 aromatic carbocycles. The van der Waals surface area contributed by atoms with Crippen molar-refractivity contribution in [3.8, 4) is 5.75 Å². The lowest BCUT2D eigenvalue weighted by Crippen LogP contribution is -2.56. The number of anilines is 1. The number of fused-ring (bicyclic) bond motifs is 1. The molecule has 2 aromatic rings. The van der Waals surface area contributed by atoms with Crippen molar-refractivity contribution in [3.63, 3.8) is 0 Å². The average molecular weight is 354 g/mol.